The summed E-state index contributed by atoms with van der Waals surface area (Å²) in [6.07, 6.45) is 3.40. The molecule has 5 heteroatoms. The van der Waals surface area contributed by atoms with Crippen molar-refractivity contribution in [2.75, 3.05) is 40.0 Å². The number of carbonyl (C=O) groups excluding carboxylic acids is 1. The average Bonchev–Trinajstić information content (AvgIpc) is 2.73. The van der Waals surface area contributed by atoms with Crippen LogP contribution in [-0.2, 0) is 9.53 Å². The number of morpholine rings is 1. The van der Waals surface area contributed by atoms with E-state index >= 15 is 0 Å². The number of methoxy groups -OCH3 is 1. The Bertz CT molecular complexity index is 778. The van der Waals surface area contributed by atoms with Crippen molar-refractivity contribution in [3.8, 4) is 5.75 Å². The van der Waals surface area contributed by atoms with Crippen LogP contribution in [0.4, 0.5) is 0 Å². The molecule has 1 saturated heterocycles. The van der Waals surface area contributed by atoms with Crippen molar-refractivity contribution in [2.45, 2.75) is 13.0 Å². The number of nitrogens with one attached hydrogen (secondary N) is 1. The van der Waals surface area contributed by atoms with Crippen LogP contribution in [0.15, 0.2) is 54.6 Å². The molecular weight excluding hydrogens is 352 g/mol. The molecule has 1 atom stereocenters. The minimum Gasteiger partial charge on any atom is -0.497 e. The highest BCUT2D eigenvalue weighted by molar-refractivity contribution is 5.92. The number of benzene rings is 2. The lowest BCUT2D eigenvalue weighted by Crippen LogP contribution is -2.42. The van der Waals surface area contributed by atoms with Crippen LogP contribution in [0.2, 0.25) is 0 Å². The van der Waals surface area contributed by atoms with Gasteiger partial charge in [-0.25, -0.2) is 0 Å². The van der Waals surface area contributed by atoms with Gasteiger partial charge in [0.2, 0.25) is 5.91 Å². The zero-order valence-corrected chi connectivity index (χ0v) is 16.6. The van der Waals surface area contributed by atoms with Gasteiger partial charge < -0.3 is 14.8 Å². The fraction of sp³-hybridized carbons (Fsp3) is 0.348. The molecule has 1 N–H and O–H groups in total. The third-order valence-corrected chi connectivity index (χ3v) is 4.88. The Labute approximate surface area is 167 Å². The van der Waals surface area contributed by atoms with E-state index in [0.717, 1.165) is 49.7 Å². The fourth-order valence-corrected chi connectivity index (χ4v) is 3.18. The van der Waals surface area contributed by atoms with Gasteiger partial charge in [-0.2, -0.15) is 0 Å². The Morgan fingerprint density at radius 1 is 1.14 bits per heavy atom. The number of amides is 1. The van der Waals surface area contributed by atoms with Crippen LogP contribution in [0.25, 0.3) is 6.08 Å². The van der Waals surface area contributed by atoms with Gasteiger partial charge in [-0.15, -0.1) is 0 Å². The molecule has 2 aromatic carbocycles. The SMILES string of the molecule is COc1ccc(/C=C/C(=O)N[C@@H](CN2CCOCC2)c2ccc(C)cc2)cc1. The van der Waals surface area contributed by atoms with Gasteiger partial charge in [-0.05, 0) is 36.3 Å². The molecule has 3 rings (SSSR count). The molecule has 1 amide bonds. The van der Waals surface area contributed by atoms with Crippen LogP contribution >= 0.6 is 0 Å². The van der Waals surface area contributed by atoms with Crippen molar-refractivity contribution in [3.05, 3.63) is 71.3 Å². The first kappa shape index (κ1) is 20.1. The molecule has 1 aliphatic rings. The highest BCUT2D eigenvalue weighted by Gasteiger charge is 2.19. The zero-order valence-electron chi connectivity index (χ0n) is 16.6. The van der Waals surface area contributed by atoms with Crippen molar-refractivity contribution in [2.24, 2.45) is 0 Å². The molecule has 0 bridgehead atoms. The molecule has 0 unspecified atom stereocenters. The second-order valence-electron chi connectivity index (χ2n) is 6.99. The van der Waals surface area contributed by atoms with E-state index in [2.05, 4.69) is 41.4 Å². The van der Waals surface area contributed by atoms with E-state index in [0.29, 0.717) is 0 Å². The van der Waals surface area contributed by atoms with Crippen LogP contribution in [0.5, 0.6) is 5.75 Å². The van der Waals surface area contributed by atoms with E-state index in [1.165, 1.54) is 5.56 Å². The smallest absolute Gasteiger partial charge is 0.244 e. The van der Waals surface area contributed by atoms with Crippen LogP contribution in [0.3, 0.4) is 0 Å². The fourth-order valence-electron chi connectivity index (χ4n) is 3.18. The van der Waals surface area contributed by atoms with Crippen LogP contribution in [0.1, 0.15) is 22.7 Å². The maximum Gasteiger partial charge on any atom is 0.244 e. The van der Waals surface area contributed by atoms with Gasteiger partial charge >= 0.3 is 0 Å². The molecular formula is C23H28N2O3. The molecule has 28 heavy (non-hydrogen) atoms. The Hall–Kier alpha value is -2.63. The molecule has 0 spiro atoms. The average molecular weight is 380 g/mol. The number of hydrogen-bond acceptors (Lipinski definition) is 4. The first-order valence-corrected chi connectivity index (χ1v) is 9.63. The van der Waals surface area contributed by atoms with E-state index in [4.69, 9.17) is 9.47 Å². The van der Waals surface area contributed by atoms with Gasteiger partial charge in [0.05, 0.1) is 26.4 Å². The third kappa shape index (κ3) is 5.94. The molecule has 0 aliphatic carbocycles. The number of aryl methyl sites for hydroxylation is 1. The lowest BCUT2D eigenvalue weighted by molar-refractivity contribution is -0.117. The lowest BCUT2D eigenvalue weighted by Gasteiger charge is -2.31. The second kappa shape index (κ2) is 10.1. The molecule has 0 saturated carbocycles. The van der Waals surface area contributed by atoms with E-state index in [9.17, 15) is 4.79 Å². The molecule has 1 heterocycles. The van der Waals surface area contributed by atoms with E-state index < -0.39 is 0 Å². The zero-order chi connectivity index (χ0) is 19.8. The molecule has 1 aliphatic heterocycles. The monoisotopic (exact) mass is 380 g/mol. The van der Waals surface area contributed by atoms with Gasteiger partial charge in [-0.1, -0.05) is 42.0 Å². The summed E-state index contributed by atoms with van der Waals surface area (Å²) in [5.74, 6) is 0.696. The van der Waals surface area contributed by atoms with E-state index in [-0.39, 0.29) is 11.9 Å². The maximum atomic E-state index is 12.6. The van der Waals surface area contributed by atoms with Crippen molar-refractivity contribution in [3.63, 3.8) is 0 Å². The lowest BCUT2D eigenvalue weighted by atomic mass is 10.0. The Balaban J connectivity index is 1.67. The number of nitrogens with zero attached hydrogens (tertiary/aromatic N) is 1. The number of ether oxygens (including phenoxy) is 2. The Kier molecular flexibility index (Phi) is 7.23. The molecule has 0 radical (unpaired) electrons. The first-order chi connectivity index (χ1) is 13.6. The number of rotatable bonds is 7. The highest BCUT2D eigenvalue weighted by Crippen LogP contribution is 2.17. The van der Waals surface area contributed by atoms with Gasteiger partial charge in [-0.3, -0.25) is 9.69 Å². The summed E-state index contributed by atoms with van der Waals surface area (Å²) in [5.41, 5.74) is 3.28. The molecule has 2 aromatic rings. The minimum atomic E-state index is -0.102. The van der Waals surface area contributed by atoms with Gasteiger partial charge in [0.1, 0.15) is 5.75 Å². The maximum absolute atomic E-state index is 12.6. The number of hydrogen-bond donors (Lipinski definition) is 1. The summed E-state index contributed by atoms with van der Waals surface area (Å²) in [6, 6.07) is 15.9. The van der Waals surface area contributed by atoms with Crippen molar-refractivity contribution in [1.29, 1.82) is 0 Å². The van der Waals surface area contributed by atoms with Crippen LogP contribution in [0, 0.1) is 6.92 Å². The second-order valence-corrected chi connectivity index (χ2v) is 6.99. The topological polar surface area (TPSA) is 50.8 Å². The summed E-state index contributed by atoms with van der Waals surface area (Å²) in [6.45, 7) is 6.10. The molecule has 0 aromatic heterocycles. The summed E-state index contributed by atoms with van der Waals surface area (Å²) in [5, 5.41) is 3.16. The Morgan fingerprint density at radius 2 is 1.82 bits per heavy atom. The summed E-state index contributed by atoms with van der Waals surface area (Å²) >= 11 is 0. The first-order valence-electron chi connectivity index (χ1n) is 9.63. The molecule has 1 fully saturated rings. The summed E-state index contributed by atoms with van der Waals surface area (Å²) in [4.78, 5) is 14.9. The predicted octanol–water partition coefficient (Wildman–Crippen LogP) is 3.21. The normalized spacial score (nSPS) is 16.1. The third-order valence-electron chi connectivity index (χ3n) is 4.88. The summed E-state index contributed by atoms with van der Waals surface area (Å²) in [7, 11) is 1.64. The number of carbonyl (C=O) groups is 1. The van der Waals surface area contributed by atoms with Gasteiger partial charge in [0, 0.05) is 25.7 Å². The Morgan fingerprint density at radius 3 is 2.46 bits per heavy atom. The molecule has 148 valence electrons. The van der Waals surface area contributed by atoms with Gasteiger partial charge in [0.25, 0.3) is 0 Å². The van der Waals surface area contributed by atoms with Crippen LogP contribution < -0.4 is 10.1 Å². The standard InChI is InChI=1S/C23H28N2O3/c1-18-3-8-20(9-4-18)22(17-25-13-15-28-16-14-25)24-23(26)12-7-19-5-10-21(27-2)11-6-19/h3-12,22H,13-17H2,1-2H3,(H,24,26)/b12-7+/t22-/m0/s1. The van der Waals surface area contributed by atoms with E-state index in [1.54, 1.807) is 13.2 Å². The largest absolute Gasteiger partial charge is 0.497 e. The van der Waals surface area contributed by atoms with E-state index in [1.807, 2.05) is 30.3 Å². The van der Waals surface area contributed by atoms with Gasteiger partial charge in [0.15, 0.2) is 0 Å². The molecule has 5 nitrogen and oxygen atoms in total. The quantitative estimate of drug-likeness (QED) is 0.750. The van der Waals surface area contributed by atoms with Crippen LogP contribution in [-0.4, -0.2) is 50.8 Å². The highest BCUT2D eigenvalue weighted by atomic mass is 16.5. The minimum absolute atomic E-state index is 0.0632. The van der Waals surface area contributed by atoms with Crippen molar-refractivity contribution >= 4 is 12.0 Å². The van der Waals surface area contributed by atoms with Crippen molar-refractivity contribution in [1.82, 2.24) is 10.2 Å². The predicted molar refractivity (Wildman–Crippen MR) is 111 cm³/mol. The van der Waals surface area contributed by atoms with Crippen molar-refractivity contribution < 1.29 is 14.3 Å². The summed E-state index contributed by atoms with van der Waals surface area (Å²) < 4.78 is 10.6.